The molecule has 0 saturated heterocycles. The first-order chi connectivity index (χ1) is 10.2. The lowest BCUT2D eigenvalue weighted by atomic mass is 10.1. The number of hydrogen-bond acceptors (Lipinski definition) is 6. The van der Waals surface area contributed by atoms with Crippen molar-refractivity contribution in [1.29, 1.82) is 0 Å². The Kier molecular flexibility index (Phi) is 3.96. The SMILES string of the molecule is CN(C)c1nc2c(c(NCc3ccccn3)n1)CCNC2. The number of nitrogens with zero attached hydrogens (tertiary/aromatic N) is 4. The Hall–Kier alpha value is -2.21. The summed E-state index contributed by atoms with van der Waals surface area (Å²) in [5.41, 5.74) is 3.31. The Morgan fingerprint density at radius 1 is 1.29 bits per heavy atom. The highest BCUT2D eigenvalue weighted by Crippen LogP contribution is 2.23. The van der Waals surface area contributed by atoms with Crippen molar-refractivity contribution in [3.63, 3.8) is 0 Å². The van der Waals surface area contributed by atoms with Gasteiger partial charge in [0.1, 0.15) is 5.82 Å². The standard InChI is InChI=1S/C15H20N6/c1-21(2)15-19-13-10-16-8-6-12(13)14(20-15)18-9-11-5-3-4-7-17-11/h3-5,7,16H,6,8-10H2,1-2H3,(H,18,19,20). The van der Waals surface area contributed by atoms with E-state index in [2.05, 4.69) is 25.6 Å². The third-order valence-corrected chi connectivity index (χ3v) is 3.49. The zero-order valence-corrected chi connectivity index (χ0v) is 12.4. The molecule has 1 aliphatic rings. The van der Waals surface area contributed by atoms with Crippen molar-refractivity contribution in [2.75, 3.05) is 30.9 Å². The van der Waals surface area contributed by atoms with Gasteiger partial charge in [0.15, 0.2) is 0 Å². The van der Waals surface area contributed by atoms with E-state index in [0.29, 0.717) is 6.54 Å². The molecule has 0 saturated carbocycles. The van der Waals surface area contributed by atoms with Gasteiger partial charge in [0.05, 0.1) is 17.9 Å². The first kappa shape index (κ1) is 13.8. The predicted octanol–water partition coefficient (Wildman–Crippen LogP) is 1.20. The topological polar surface area (TPSA) is 66.0 Å². The normalized spacial score (nSPS) is 13.6. The van der Waals surface area contributed by atoms with Gasteiger partial charge in [-0.05, 0) is 25.1 Å². The Bertz CT molecular complexity index is 611. The van der Waals surface area contributed by atoms with Gasteiger partial charge in [-0.2, -0.15) is 4.98 Å². The molecule has 2 N–H and O–H groups in total. The van der Waals surface area contributed by atoms with Gasteiger partial charge in [-0.15, -0.1) is 0 Å². The van der Waals surface area contributed by atoms with Crippen LogP contribution in [0.5, 0.6) is 0 Å². The van der Waals surface area contributed by atoms with E-state index >= 15 is 0 Å². The van der Waals surface area contributed by atoms with Crippen LogP contribution in [0.3, 0.4) is 0 Å². The van der Waals surface area contributed by atoms with E-state index in [4.69, 9.17) is 0 Å². The van der Waals surface area contributed by atoms with Crippen LogP contribution >= 0.6 is 0 Å². The maximum Gasteiger partial charge on any atom is 0.227 e. The lowest BCUT2D eigenvalue weighted by Gasteiger charge is -2.22. The summed E-state index contributed by atoms with van der Waals surface area (Å²) in [4.78, 5) is 15.5. The van der Waals surface area contributed by atoms with E-state index in [-0.39, 0.29) is 0 Å². The molecule has 0 amide bonds. The van der Waals surface area contributed by atoms with E-state index < -0.39 is 0 Å². The Balaban J connectivity index is 1.87. The molecule has 3 heterocycles. The summed E-state index contributed by atoms with van der Waals surface area (Å²) in [5.74, 6) is 1.66. The predicted molar refractivity (Wildman–Crippen MR) is 83.3 cm³/mol. The molecule has 110 valence electrons. The van der Waals surface area contributed by atoms with Crippen molar-refractivity contribution in [3.05, 3.63) is 41.3 Å². The molecule has 0 aromatic carbocycles. The van der Waals surface area contributed by atoms with Crippen molar-refractivity contribution in [2.24, 2.45) is 0 Å². The van der Waals surface area contributed by atoms with Gasteiger partial charge in [0, 0.05) is 32.4 Å². The maximum atomic E-state index is 4.65. The fourth-order valence-electron chi connectivity index (χ4n) is 2.37. The van der Waals surface area contributed by atoms with Crippen LogP contribution in [0.25, 0.3) is 0 Å². The molecular formula is C15H20N6. The minimum absolute atomic E-state index is 0.671. The number of nitrogens with one attached hydrogen (secondary N) is 2. The van der Waals surface area contributed by atoms with Gasteiger partial charge in [0.25, 0.3) is 0 Å². The average Bonchev–Trinajstić information content (AvgIpc) is 2.53. The molecule has 6 heteroatoms. The molecule has 21 heavy (non-hydrogen) atoms. The summed E-state index contributed by atoms with van der Waals surface area (Å²) < 4.78 is 0. The first-order valence-electron chi connectivity index (χ1n) is 7.15. The highest BCUT2D eigenvalue weighted by atomic mass is 15.2. The molecule has 2 aromatic heterocycles. The van der Waals surface area contributed by atoms with Crippen LogP contribution in [0.15, 0.2) is 24.4 Å². The van der Waals surface area contributed by atoms with Crippen LogP contribution in [0.4, 0.5) is 11.8 Å². The van der Waals surface area contributed by atoms with Crippen LogP contribution in [-0.4, -0.2) is 35.6 Å². The molecule has 0 atom stereocenters. The summed E-state index contributed by atoms with van der Waals surface area (Å²) in [6.07, 6.45) is 2.76. The zero-order chi connectivity index (χ0) is 14.7. The van der Waals surface area contributed by atoms with Crippen LogP contribution in [0, 0.1) is 0 Å². The second kappa shape index (κ2) is 6.05. The summed E-state index contributed by atoms with van der Waals surface area (Å²) in [5, 5.41) is 6.78. The van der Waals surface area contributed by atoms with E-state index in [1.165, 1.54) is 5.56 Å². The van der Waals surface area contributed by atoms with Crippen molar-refractivity contribution >= 4 is 11.8 Å². The molecule has 6 nitrogen and oxygen atoms in total. The summed E-state index contributed by atoms with van der Waals surface area (Å²) in [6.45, 7) is 2.44. The molecule has 0 fully saturated rings. The van der Waals surface area contributed by atoms with Gasteiger partial charge in [-0.25, -0.2) is 4.98 Å². The third-order valence-electron chi connectivity index (χ3n) is 3.49. The molecule has 0 radical (unpaired) electrons. The molecule has 0 aliphatic carbocycles. The summed E-state index contributed by atoms with van der Waals surface area (Å²) in [7, 11) is 3.92. The van der Waals surface area contributed by atoms with Gasteiger partial charge < -0.3 is 15.5 Å². The molecule has 0 spiro atoms. The molecule has 1 aliphatic heterocycles. The van der Waals surface area contributed by atoms with Gasteiger partial charge >= 0.3 is 0 Å². The number of anilines is 2. The van der Waals surface area contributed by atoms with E-state index in [1.807, 2.05) is 43.4 Å². The van der Waals surface area contributed by atoms with Gasteiger partial charge in [0.2, 0.25) is 5.95 Å². The number of rotatable bonds is 4. The fraction of sp³-hybridized carbons (Fsp3) is 0.400. The Morgan fingerprint density at radius 3 is 2.95 bits per heavy atom. The maximum absolute atomic E-state index is 4.65. The lowest BCUT2D eigenvalue weighted by Crippen LogP contribution is -2.28. The monoisotopic (exact) mass is 284 g/mol. The summed E-state index contributed by atoms with van der Waals surface area (Å²) in [6, 6.07) is 5.93. The highest BCUT2D eigenvalue weighted by Gasteiger charge is 2.18. The quantitative estimate of drug-likeness (QED) is 0.879. The van der Waals surface area contributed by atoms with Crippen molar-refractivity contribution in [3.8, 4) is 0 Å². The minimum Gasteiger partial charge on any atom is -0.364 e. The second-order valence-electron chi connectivity index (χ2n) is 5.29. The van der Waals surface area contributed by atoms with E-state index in [1.54, 1.807) is 0 Å². The van der Waals surface area contributed by atoms with Crippen molar-refractivity contribution in [1.82, 2.24) is 20.3 Å². The number of fused-ring (bicyclic) bond motifs is 1. The number of pyridine rings is 1. The smallest absolute Gasteiger partial charge is 0.227 e. The van der Waals surface area contributed by atoms with Crippen molar-refractivity contribution < 1.29 is 0 Å². The van der Waals surface area contributed by atoms with Crippen LogP contribution in [0.2, 0.25) is 0 Å². The van der Waals surface area contributed by atoms with Crippen LogP contribution in [0.1, 0.15) is 17.0 Å². The third kappa shape index (κ3) is 3.11. The van der Waals surface area contributed by atoms with Crippen molar-refractivity contribution in [2.45, 2.75) is 19.5 Å². The van der Waals surface area contributed by atoms with E-state index in [9.17, 15) is 0 Å². The van der Waals surface area contributed by atoms with E-state index in [0.717, 1.165) is 42.7 Å². The average molecular weight is 284 g/mol. The Morgan fingerprint density at radius 2 is 2.19 bits per heavy atom. The fourth-order valence-corrected chi connectivity index (χ4v) is 2.37. The highest BCUT2D eigenvalue weighted by molar-refractivity contribution is 5.52. The molecular weight excluding hydrogens is 264 g/mol. The zero-order valence-electron chi connectivity index (χ0n) is 12.4. The first-order valence-corrected chi connectivity index (χ1v) is 7.15. The second-order valence-corrected chi connectivity index (χ2v) is 5.29. The largest absolute Gasteiger partial charge is 0.364 e. The lowest BCUT2D eigenvalue weighted by molar-refractivity contribution is 0.623. The van der Waals surface area contributed by atoms with Crippen LogP contribution < -0.4 is 15.5 Å². The molecule has 0 unspecified atom stereocenters. The number of hydrogen-bond donors (Lipinski definition) is 2. The van der Waals surface area contributed by atoms with Gasteiger partial charge in [-0.1, -0.05) is 6.07 Å². The molecule has 0 bridgehead atoms. The molecule has 3 rings (SSSR count). The Labute approximate surface area is 124 Å². The van der Waals surface area contributed by atoms with Gasteiger partial charge in [-0.3, -0.25) is 4.98 Å². The molecule has 2 aromatic rings. The summed E-state index contributed by atoms with van der Waals surface area (Å²) >= 11 is 0. The van der Waals surface area contributed by atoms with Crippen LogP contribution in [-0.2, 0) is 19.5 Å². The number of aromatic nitrogens is 3. The minimum atomic E-state index is 0.671.